The molecule has 2 N–H and O–H groups in total. The van der Waals surface area contributed by atoms with Crippen LogP contribution in [-0.2, 0) is 5.54 Å². The second-order valence-electron chi connectivity index (χ2n) is 4.86. The van der Waals surface area contributed by atoms with Crippen molar-refractivity contribution in [3.8, 4) is 11.4 Å². The van der Waals surface area contributed by atoms with Gasteiger partial charge in [-0.15, -0.1) is 5.10 Å². The summed E-state index contributed by atoms with van der Waals surface area (Å²) in [7, 11) is 0. The highest BCUT2D eigenvalue weighted by molar-refractivity contribution is 5.59. The molecule has 0 spiro atoms. The van der Waals surface area contributed by atoms with E-state index in [0.29, 0.717) is 17.1 Å². The molecule has 19 heavy (non-hydrogen) atoms. The maximum Gasteiger partial charge on any atom is 0.185 e. The summed E-state index contributed by atoms with van der Waals surface area (Å²) in [5, 5.41) is 11.7. The lowest BCUT2D eigenvalue weighted by Gasteiger charge is -2.27. The molecule has 0 saturated heterocycles. The van der Waals surface area contributed by atoms with Crippen molar-refractivity contribution in [2.45, 2.75) is 39.2 Å². The molecule has 0 fully saturated rings. The van der Waals surface area contributed by atoms with E-state index in [1.54, 1.807) is 16.8 Å². The number of rotatable bonds is 4. The van der Waals surface area contributed by atoms with Crippen LogP contribution >= 0.6 is 0 Å². The number of nitrogens with two attached hydrogens (primary N) is 1. The largest absolute Gasteiger partial charge is 0.399 e. The van der Waals surface area contributed by atoms with Crippen LogP contribution in [0.4, 0.5) is 10.1 Å². The molecule has 102 valence electrons. The fraction of sp³-hybridized carbons (Fsp3) is 0.462. The van der Waals surface area contributed by atoms with Gasteiger partial charge < -0.3 is 5.73 Å². The first-order valence-electron chi connectivity index (χ1n) is 6.36. The van der Waals surface area contributed by atoms with Crippen LogP contribution in [0.3, 0.4) is 0 Å². The van der Waals surface area contributed by atoms with E-state index in [1.807, 2.05) is 0 Å². The summed E-state index contributed by atoms with van der Waals surface area (Å²) in [5.41, 5.74) is 6.08. The fourth-order valence-corrected chi connectivity index (χ4v) is 1.98. The molecule has 5 nitrogen and oxygen atoms in total. The van der Waals surface area contributed by atoms with E-state index in [-0.39, 0.29) is 5.54 Å². The minimum atomic E-state index is -0.411. The third-order valence-electron chi connectivity index (χ3n) is 3.74. The Morgan fingerprint density at radius 2 is 2.00 bits per heavy atom. The Morgan fingerprint density at radius 1 is 1.32 bits per heavy atom. The van der Waals surface area contributed by atoms with Crippen molar-refractivity contribution in [2.24, 2.45) is 0 Å². The van der Waals surface area contributed by atoms with Crippen LogP contribution in [0.2, 0.25) is 0 Å². The van der Waals surface area contributed by atoms with E-state index in [9.17, 15) is 4.39 Å². The molecule has 0 atom stereocenters. The van der Waals surface area contributed by atoms with E-state index < -0.39 is 5.82 Å². The zero-order valence-corrected chi connectivity index (χ0v) is 11.4. The topological polar surface area (TPSA) is 69.6 Å². The molecule has 2 rings (SSSR count). The highest BCUT2D eigenvalue weighted by Gasteiger charge is 2.28. The number of hydrogen-bond donors (Lipinski definition) is 1. The van der Waals surface area contributed by atoms with Gasteiger partial charge in [0.05, 0.1) is 11.1 Å². The van der Waals surface area contributed by atoms with Crippen molar-refractivity contribution in [3.63, 3.8) is 0 Å². The van der Waals surface area contributed by atoms with Gasteiger partial charge in [0, 0.05) is 5.69 Å². The quantitative estimate of drug-likeness (QED) is 0.861. The zero-order chi connectivity index (χ0) is 14.0. The van der Waals surface area contributed by atoms with E-state index in [4.69, 9.17) is 5.73 Å². The first-order valence-corrected chi connectivity index (χ1v) is 6.36. The van der Waals surface area contributed by atoms with Crippen LogP contribution in [0.15, 0.2) is 18.2 Å². The highest BCUT2D eigenvalue weighted by Crippen LogP contribution is 2.30. The van der Waals surface area contributed by atoms with Crippen molar-refractivity contribution >= 4 is 5.69 Å². The summed E-state index contributed by atoms with van der Waals surface area (Å²) in [6, 6.07) is 4.54. The zero-order valence-electron chi connectivity index (χ0n) is 11.4. The highest BCUT2D eigenvalue weighted by atomic mass is 19.1. The van der Waals surface area contributed by atoms with Crippen LogP contribution in [0.5, 0.6) is 0 Å². The average molecular weight is 263 g/mol. The molecule has 0 bridgehead atoms. The van der Waals surface area contributed by atoms with Gasteiger partial charge in [0.15, 0.2) is 5.82 Å². The lowest BCUT2D eigenvalue weighted by molar-refractivity contribution is 0.262. The molecular formula is C13H18FN5. The normalized spacial score (nSPS) is 11.8. The Hall–Kier alpha value is -1.98. The average Bonchev–Trinajstić information content (AvgIpc) is 2.87. The lowest BCUT2D eigenvalue weighted by atomic mass is 9.95. The van der Waals surface area contributed by atoms with Crippen LogP contribution in [0.1, 0.15) is 33.6 Å². The monoisotopic (exact) mass is 263 g/mol. The Morgan fingerprint density at radius 3 is 2.58 bits per heavy atom. The number of anilines is 1. The molecule has 0 radical (unpaired) electrons. The Balaban J connectivity index is 2.56. The fourth-order valence-electron chi connectivity index (χ4n) is 1.98. The van der Waals surface area contributed by atoms with Crippen molar-refractivity contribution in [2.75, 3.05) is 5.73 Å². The van der Waals surface area contributed by atoms with Crippen LogP contribution in [-0.4, -0.2) is 20.2 Å². The van der Waals surface area contributed by atoms with Gasteiger partial charge in [-0.3, -0.25) is 0 Å². The smallest absolute Gasteiger partial charge is 0.185 e. The number of benzene rings is 1. The molecule has 0 aliphatic rings. The van der Waals surface area contributed by atoms with E-state index in [1.165, 1.54) is 6.07 Å². The summed E-state index contributed by atoms with van der Waals surface area (Å²) in [6.07, 6.45) is 1.72. The third kappa shape index (κ3) is 2.30. The Kier molecular flexibility index (Phi) is 3.50. The molecule has 6 heteroatoms. The van der Waals surface area contributed by atoms with Crippen molar-refractivity contribution < 1.29 is 4.39 Å². The number of aromatic nitrogens is 4. The minimum absolute atomic E-state index is 0.230. The van der Waals surface area contributed by atoms with Gasteiger partial charge in [-0.2, -0.15) is 0 Å². The van der Waals surface area contributed by atoms with Crippen LogP contribution in [0.25, 0.3) is 11.4 Å². The van der Waals surface area contributed by atoms with Gasteiger partial charge >= 0.3 is 0 Å². The van der Waals surface area contributed by atoms with Gasteiger partial charge in [0.25, 0.3) is 0 Å². The number of hydrogen-bond acceptors (Lipinski definition) is 4. The standard InChI is InChI=1S/C13H18FN5/c1-4-13(3,5-2)19-12(16-17-18-19)10-7-6-9(15)8-11(10)14/h6-8H,4-5,15H2,1-3H3. The van der Waals surface area contributed by atoms with E-state index >= 15 is 0 Å². The second-order valence-corrected chi connectivity index (χ2v) is 4.86. The molecule has 0 saturated carbocycles. The summed E-state index contributed by atoms with van der Waals surface area (Å²) >= 11 is 0. The van der Waals surface area contributed by atoms with Crippen LogP contribution < -0.4 is 5.73 Å². The SMILES string of the molecule is CCC(C)(CC)n1nnnc1-c1ccc(N)cc1F. The van der Waals surface area contributed by atoms with Gasteiger partial charge in [0.2, 0.25) is 0 Å². The number of nitrogen functional groups attached to an aromatic ring is 1. The predicted octanol–water partition coefficient (Wildman–Crippen LogP) is 2.60. The molecule has 0 unspecified atom stereocenters. The number of halogens is 1. The molecule has 1 heterocycles. The minimum Gasteiger partial charge on any atom is -0.399 e. The number of tetrazole rings is 1. The van der Waals surface area contributed by atoms with Gasteiger partial charge in [-0.05, 0) is 48.4 Å². The molecular weight excluding hydrogens is 245 g/mol. The lowest BCUT2D eigenvalue weighted by Crippen LogP contribution is -2.30. The molecule has 2 aromatic rings. The van der Waals surface area contributed by atoms with Gasteiger partial charge in [-0.25, -0.2) is 9.07 Å². The first kappa shape index (κ1) is 13.5. The summed E-state index contributed by atoms with van der Waals surface area (Å²) in [4.78, 5) is 0. The molecule has 0 aliphatic carbocycles. The maximum atomic E-state index is 14.0. The molecule has 0 amide bonds. The summed E-state index contributed by atoms with van der Waals surface area (Å²) in [6.45, 7) is 6.19. The molecule has 1 aromatic heterocycles. The van der Waals surface area contributed by atoms with Crippen molar-refractivity contribution in [1.82, 2.24) is 20.2 Å². The number of nitrogens with zero attached hydrogens (tertiary/aromatic N) is 4. The second kappa shape index (κ2) is 4.95. The predicted molar refractivity (Wildman–Crippen MR) is 71.9 cm³/mol. The van der Waals surface area contributed by atoms with Gasteiger partial charge in [0.1, 0.15) is 5.82 Å². The van der Waals surface area contributed by atoms with Crippen LogP contribution in [0, 0.1) is 5.82 Å². The Labute approximate surface area is 111 Å². The van der Waals surface area contributed by atoms with Gasteiger partial charge in [-0.1, -0.05) is 13.8 Å². The van der Waals surface area contributed by atoms with Crippen molar-refractivity contribution in [3.05, 3.63) is 24.0 Å². The molecule has 1 aromatic carbocycles. The third-order valence-corrected chi connectivity index (χ3v) is 3.74. The Bertz CT molecular complexity index is 574. The van der Waals surface area contributed by atoms with E-state index in [0.717, 1.165) is 12.8 Å². The molecule has 0 aliphatic heterocycles. The maximum absolute atomic E-state index is 14.0. The summed E-state index contributed by atoms with van der Waals surface area (Å²) in [5.74, 6) is 0.0225. The summed E-state index contributed by atoms with van der Waals surface area (Å²) < 4.78 is 15.7. The first-order chi connectivity index (χ1) is 9.01. The van der Waals surface area contributed by atoms with E-state index in [2.05, 4.69) is 36.3 Å². The van der Waals surface area contributed by atoms with Crippen molar-refractivity contribution in [1.29, 1.82) is 0 Å².